The Balaban J connectivity index is 1.30. The highest BCUT2D eigenvalue weighted by Gasteiger charge is 2.92. The van der Waals surface area contributed by atoms with Gasteiger partial charge in [0.2, 0.25) is 0 Å². The molecule has 2 spiro atoms. The van der Waals surface area contributed by atoms with Crippen LogP contribution in [-0.4, -0.2) is 81.9 Å². The van der Waals surface area contributed by atoms with Crippen molar-refractivity contribution in [2.45, 2.75) is 140 Å². The smallest absolute Gasteiger partial charge is 0.339 e. The molecule has 5 heterocycles. The van der Waals surface area contributed by atoms with Gasteiger partial charge in [0.25, 0.3) is 0 Å². The second-order valence-corrected chi connectivity index (χ2v) is 17.1. The molecule has 4 saturated heterocycles. The van der Waals surface area contributed by atoms with Gasteiger partial charge in [-0.25, -0.2) is 4.79 Å². The summed E-state index contributed by atoms with van der Waals surface area (Å²) in [4.78, 5) is 42.0. The Bertz CT molecular complexity index is 1510. The number of ketones is 1. The number of carbonyl (C=O) groups excluding carboxylic acids is 3. The van der Waals surface area contributed by atoms with E-state index in [9.17, 15) is 24.9 Å². The van der Waals surface area contributed by atoms with Crippen LogP contribution in [0, 0.1) is 39.9 Å². The molecule has 11 heteroatoms. The third-order valence-electron chi connectivity index (χ3n) is 14.6. The van der Waals surface area contributed by atoms with E-state index in [0.29, 0.717) is 37.0 Å². The minimum absolute atomic E-state index is 0.0331. The molecule has 11 nitrogen and oxygen atoms in total. The van der Waals surface area contributed by atoms with Crippen molar-refractivity contribution in [3.63, 3.8) is 0 Å². The molecule has 0 amide bonds. The number of rotatable bonds is 8. The summed E-state index contributed by atoms with van der Waals surface area (Å²) in [5.74, 6) is -1.97. The van der Waals surface area contributed by atoms with Crippen LogP contribution >= 0.6 is 0 Å². The van der Waals surface area contributed by atoms with Gasteiger partial charge in [0.1, 0.15) is 30.2 Å². The van der Waals surface area contributed by atoms with Gasteiger partial charge in [0, 0.05) is 28.2 Å². The Labute approximate surface area is 287 Å². The van der Waals surface area contributed by atoms with Gasteiger partial charge in [-0.2, -0.15) is 0 Å². The fraction of sp³-hybridized carbons (Fsp3) is 0.816. The van der Waals surface area contributed by atoms with Crippen LogP contribution < -0.4 is 0 Å². The van der Waals surface area contributed by atoms with E-state index in [4.69, 9.17) is 23.4 Å². The molecule has 0 radical (unpaired) electrons. The zero-order chi connectivity index (χ0) is 34.7. The molecule has 8 rings (SSSR count). The number of furan rings is 1. The first kappa shape index (κ1) is 33.8. The summed E-state index contributed by atoms with van der Waals surface area (Å²) in [5, 5.41) is 33.3. The van der Waals surface area contributed by atoms with E-state index in [1.807, 2.05) is 26.8 Å². The maximum absolute atomic E-state index is 15.0. The minimum atomic E-state index is -1.41. The number of aliphatic hydroxyl groups excluding tert-OH is 3. The van der Waals surface area contributed by atoms with Crippen LogP contribution in [0.1, 0.15) is 109 Å². The first-order valence-electron chi connectivity index (χ1n) is 18.6. The molecule has 4 aliphatic heterocycles. The van der Waals surface area contributed by atoms with Crippen molar-refractivity contribution in [2.75, 3.05) is 13.2 Å². The number of Topliss-reactive ketones (excluding diaryl/α,β-unsaturated/α-hetero) is 1. The highest BCUT2D eigenvalue weighted by molar-refractivity contribution is 5.92. The normalized spacial score (nSPS) is 45.2. The lowest BCUT2D eigenvalue weighted by molar-refractivity contribution is -0.275. The maximum atomic E-state index is 15.0. The van der Waals surface area contributed by atoms with E-state index in [0.717, 1.165) is 38.5 Å². The summed E-state index contributed by atoms with van der Waals surface area (Å²) >= 11 is 0. The van der Waals surface area contributed by atoms with Gasteiger partial charge in [-0.1, -0.05) is 39.5 Å². The van der Waals surface area contributed by atoms with Crippen molar-refractivity contribution in [3.8, 4) is 0 Å². The molecule has 270 valence electrons. The Morgan fingerprint density at radius 1 is 1.02 bits per heavy atom. The number of aliphatic hydroxyl groups is 3. The molecular weight excluding hydrogens is 632 g/mol. The third-order valence-corrected chi connectivity index (χ3v) is 14.6. The lowest BCUT2D eigenvalue weighted by Crippen LogP contribution is -2.79. The van der Waals surface area contributed by atoms with Gasteiger partial charge in [-0.3, -0.25) is 9.59 Å². The molecule has 12 atom stereocenters. The first-order valence-corrected chi connectivity index (χ1v) is 18.6. The van der Waals surface area contributed by atoms with Crippen molar-refractivity contribution in [1.82, 2.24) is 0 Å². The number of epoxide rings is 1. The summed E-state index contributed by atoms with van der Waals surface area (Å²) in [6.45, 7) is 7.54. The van der Waals surface area contributed by atoms with Crippen LogP contribution in [0.4, 0.5) is 0 Å². The van der Waals surface area contributed by atoms with Crippen molar-refractivity contribution < 1.29 is 53.1 Å². The molecular formula is C38H52O11. The maximum Gasteiger partial charge on any atom is 0.339 e. The molecule has 49 heavy (non-hydrogen) atoms. The van der Waals surface area contributed by atoms with Gasteiger partial charge < -0.3 is 38.7 Å². The topological polar surface area (TPSA) is 165 Å². The summed E-state index contributed by atoms with van der Waals surface area (Å²) in [5.41, 5.74) is -4.33. The van der Waals surface area contributed by atoms with Gasteiger partial charge >= 0.3 is 11.9 Å². The molecule has 1 unspecified atom stereocenters. The molecule has 3 aliphatic carbocycles. The number of fused-ring (bicyclic) bond motifs is 1. The zero-order valence-corrected chi connectivity index (χ0v) is 29.2. The number of carbonyl (C=O) groups is 3. The van der Waals surface area contributed by atoms with Crippen LogP contribution in [0.25, 0.3) is 0 Å². The molecule has 0 bridgehead atoms. The van der Waals surface area contributed by atoms with Crippen molar-refractivity contribution in [2.24, 2.45) is 39.9 Å². The van der Waals surface area contributed by atoms with E-state index in [1.165, 1.54) is 0 Å². The average Bonchev–Trinajstić information content (AvgIpc) is 3.61. The molecule has 1 aromatic rings. The Morgan fingerprint density at radius 3 is 2.49 bits per heavy atom. The predicted molar refractivity (Wildman–Crippen MR) is 172 cm³/mol. The summed E-state index contributed by atoms with van der Waals surface area (Å²) in [6, 6.07) is 1.82. The summed E-state index contributed by atoms with van der Waals surface area (Å²) < 4.78 is 31.8. The lowest BCUT2D eigenvalue weighted by atomic mass is 9.33. The lowest BCUT2D eigenvalue weighted by Gasteiger charge is -2.70. The largest absolute Gasteiger partial charge is 0.469 e. The molecule has 7 aliphatic rings. The van der Waals surface area contributed by atoms with Gasteiger partial charge in [-0.15, -0.1) is 0 Å². The minimum Gasteiger partial charge on any atom is -0.469 e. The summed E-state index contributed by atoms with van der Waals surface area (Å²) in [7, 11) is 0. The van der Waals surface area contributed by atoms with E-state index in [2.05, 4.69) is 6.92 Å². The molecule has 0 aromatic carbocycles. The van der Waals surface area contributed by atoms with Crippen LogP contribution in [-0.2, 0) is 39.8 Å². The van der Waals surface area contributed by atoms with Crippen LogP contribution in [0.5, 0.6) is 0 Å². The SMILES string of the molecule is CCC[C@H](Cc1occc1[C@H]1OC(=O)[C@H]2O[C@@]23[C@@]2(C4CCCCC4)C(CC[C@]13C)[C@@]13COC(=O)C[C@@H]1OC(C)(C)[C@H]3C(=O)[C@H]2O)[C@H](O)CO. The molecule has 1 aromatic heterocycles. The predicted octanol–water partition coefficient (Wildman–Crippen LogP) is 3.98. The average molecular weight is 685 g/mol. The highest BCUT2D eigenvalue weighted by atomic mass is 16.7. The number of esters is 2. The fourth-order valence-electron chi connectivity index (χ4n) is 13.0. The quantitative estimate of drug-likeness (QED) is 0.268. The van der Waals surface area contributed by atoms with Crippen LogP contribution in [0.2, 0.25) is 0 Å². The Hall–Kier alpha value is -2.31. The van der Waals surface area contributed by atoms with Crippen molar-refractivity contribution >= 4 is 17.7 Å². The van der Waals surface area contributed by atoms with Gasteiger partial charge in [0.05, 0.1) is 43.0 Å². The third kappa shape index (κ3) is 4.17. The van der Waals surface area contributed by atoms with E-state index in [1.54, 1.807) is 6.26 Å². The monoisotopic (exact) mass is 684 g/mol. The zero-order valence-electron chi connectivity index (χ0n) is 29.2. The van der Waals surface area contributed by atoms with E-state index >= 15 is 4.79 Å². The first-order chi connectivity index (χ1) is 23.3. The summed E-state index contributed by atoms with van der Waals surface area (Å²) in [6.07, 6.45) is 4.49. The van der Waals surface area contributed by atoms with Crippen LogP contribution in [0.15, 0.2) is 16.7 Å². The van der Waals surface area contributed by atoms with Crippen LogP contribution in [0.3, 0.4) is 0 Å². The highest BCUT2D eigenvalue weighted by Crippen LogP contribution is 2.82. The Kier molecular flexibility index (Phi) is 7.83. The van der Waals surface area contributed by atoms with Crippen molar-refractivity contribution in [3.05, 3.63) is 23.7 Å². The van der Waals surface area contributed by atoms with Crippen molar-refractivity contribution in [1.29, 1.82) is 0 Å². The number of hydrogen-bond donors (Lipinski definition) is 3. The van der Waals surface area contributed by atoms with Gasteiger partial charge in [-0.05, 0) is 69.8 Å². The van der Waals surface area contributed by atoms with Gasteiger partial charge in [0.15, 0.2) is 11.9 Å². The molecule has 3 N–H and O–H groups in total. The fourth-order valence-corrected chi connectivity index (χ4v) is 13.0. The number of cyclic esters (lactones) is 2. The molecule has 7 fully saturated rings. The standard InChI is InChI=1S/C38H52O11/c1-5-9-20(23(40)18-39)16-24-22(13-15-45-24)31-35(4)14-12-25-36-19-46-27(41)17-26(36)48-34(2,3)29(36)28(42)30(43)37(25,21-10-7-6-8-11-21)38(35)32(49-38)33(44)47-31/h13,15,20-21,23,25-26,29-32,39-40,43H,5-12,14,16-19H2,1-4H3/t20-,23-,25?,26+,29-,30-,31-,32-,35-,36+,37+,38+/m1/s1. The number of hydrogen-bond acceptors (Lipinski definition) is 11. The number of ether oxygens (including phenoxy) is 4. The second kappa shape index (κ2) is 11.3. The van der Waals surface area contributed by atoms with E-state index in [-0.39, 0.29) is 49.1 Å². The van der Waals surface area contributed by atoms with E-state index < -0.39 is 69.9 Å². The molecule has 3 saturated carbocycles. The Morgan fingerprint density at radius 2 is 1.78 bits per heavy atom. The second-order valence-electron chi connectivity index (χ2n) is 17.1.